The number of morpholine rings is 1. The number of rotatable bonds is 7. The van der Waals surface area contributed by atoms with Gasteiger partial charge in [0.25, 0.3) is 5.91 Å². The van der Waals surface area contributed by atoms with E-state index >= 15 is 0 Å². The number of benzene rings is 2. The fraction of sp³-hybridized carbons (Fsp3) is 0.261. The van der Waals surface area contributed by atoms with Gasteiger partial charge in [-0.3, -0.25) is 4.79 Å². The fourth-order valence-corrected chi connectivity index (χ4v) is 4.93. The van der Waals surface area contributed by atoms with Crippen molar-refractivity contribution in [1.29, 1.82) is 0 Å². The van der Waals surface area contributed by atoms with Gasteiger partial charge in [0.1, 0.15) is 17.0 Å². The number of carbonyl (C=O) groups is 2. The number of hydrogen-bond donors (Lipinski definition) is 1. The monoisotopic (exact) mass is 485 g/mol. The molecule has 2 heterocycles. The van der Waals surface area contributed by atoms with Gasteiger partial charge in [-0.25, -0.2) is 13.2 Å². The second-order valence-electron chi connectivity index (χ2n) is 7.50. The first kappa shape index (κ1) is 23.6. The molecule has 11 heteroatoms. The third kappa shape index (κ3) is 5.16. The van der Waals surface area contributed by atoms with Crippen molar-refractivity contribution >= 4 is 27.6 Å². The summed E-state index contributed by atoms with van der Waals surface area (Å²) in [5.41, 5.74) is 1.40. The van der Waals surface area contributed by atoms with Crippen molar-refractivity contribution in [2.24, 2.45) is 0 Å². The molecule has 2 aromatic carbocycles. The van der Waals surface area contributed by atoms with Crippen LogP contribution in [0.25, 0.3) is 11.3 Å². The van der Waals surface area contributed by atoms with Gasteiger partial charge in [-0.2, -0.15) is 4.31 Å². The van der Waals surface area contributed by atoms with Crippen LogP contribution in [0.2, 0.25) is 0 Å². The normalized spacial score (nSPS) is 14.5. The van der Waals surface area contributed by atoms with E-state index < -0.39 is 28.5 Å². The Morgan fingerprint density at radius 3 is 2.56 bits per heavy atom. The van der Waals surface area contributed by atoms with Gasteiger partial charge in [-0.1, -0.05) is 41.6 Å². The molecule has 4 rings (SSSR count). The molecule has 1 fully saturated rings. The van der Waals surface area contributed by atoms with E-state index in [9.17, 15) is 18.0 Å². The summed E-state index contributed by atoms with van der Waals surface area (Å²) in [5, 5.41) is 6.48. The number of aromatic nitrogens is 1. The molecule has 1 amide bonds. The molecule has 1 aromatic heterocycles. The summed E-state index contributed by atoms with van der Waals surface area (Å²) in [4.78, 5) is 25.1. The topological polar surface area (TPSA) is 128 Å². The number of hydrogen-bond acceptors (Lipinski definition) is 8. The van der Waals surface area contributed by atoms with Crippen molar-refractivity contribution in [3.63, 3.8) is 0 Å². The molecular formula is C23H23N3O7S. The highest BCUT2D eigenvalue weighted by molar-refractivity contribution is 7.89. The largest absolute Gasteiger partial charge is 0.452 e. The third-order valence-electron chi connectivity index (χ3n) is 5.17. The Morgan fingerprint density at radius 2 is 1.82 bits per heavy atom. The average Bonchev–Trinajstić information content (AvgIpc) is 3.25. The molecule has 0 spiro atoms. The quantitative estimate of drug-likeness (QED) is 0.506. The van der Waals surface area contributed by atoms with E-state index in [0.717, 1.165) is 0 Å². The number of nitrogens with one attached hydrogen (secondary N) is 1. The van der Waals surface area contributed by atoms with E-state index in [1.165, 1.54) is 22.5 Å². The van der Waals surface area contributed by atoms with E-state index in [4.69, 9.17) is 14.0 Å². The zero-order valence-electron chi connectivity index (χ0n) is 18.4. The first-order chi connectivity index (χ1) is 16.4. The molecular weight excluding hydrogens is 462 g/mol. The van der Waals surface area contributed by atoms with Gasteiger partial charge < -0.3 is 19.3 Å². The van der Waals surface area contributed by atoms with Crippen LogP contribution in [0.5, 0.6) is 0 Å². The molecule has 1 aliphatic heterocycles. The predicted molar refractivity (Wildman–Crippen MR) is 122 cm³/mol. The van der Waals surface area contributed by atoms with Crippen LogP contribution in [-0.2, 0) is 24.3 Å². The fourth-order valence-electron chi connectivity index (χ4n) is 3.48. The van der Waals surface area contributed by atoms with Crippen LogP contribution < -0.4 is 5.32 Å². The number of amides is 1. The Morgan fingerprint density at radius 1 is 1.09 bits per heavy atom. The first-order valence-corrected chi connectivity index (χ1v) is 12.0. The highest BCUT2D eigenvalue weighted by Gasteiger charge is 2.27. The lowest BCUT2D eigenvalue weighted by Crippen LogP contribution is -2.40. The maximum absolute atomic E-state index is 12.8. The number of anilines is 1. The summed E-state index contributed by atoms with van der Waals surface area (Å²) in [5.74, 6) is -1.11. The van der Waals surface area contributed by atoms with Gasteiger partial charge in [0.2, 0.25) is 10.0 Å². The number of ether oxygens (including phenoxy) is 2. The minimum absolute atomic E-state index is 0.0526. The average molecular weight is 486 g/mol. The number of esters is 1. The third-order valence-corrected chi connectivity index (χ3v) is 7.07. The maximum atomic E-state index is 12.8. The summed E-state index contributed by atoms with van der Waals surface area (Å²) >= 11 is 0. The van der Waals surface area contributed by atoms with Crippen molar-refractivity contribution in [2.45, 2.75) is 11.8 Å². The van der Waals surface area contributed by atoms with Gasteiger partial charge in [0.05, 0.1) is 18.1 Å². The Balaban J connectivity index is 1.40. The molecule has 0 aliphatic carbocycles. The van der Waals surface area contributed by atoms with Gasteiger partial charge in [0.15, 0.2) is 6.61 Å². The van der Waals surface area contributed by atoms with E-state index in [2.05, 4.69) is 10.5 Å². The van der Waals surface area contributed by atoms with Gasteiger partial charge >= 0.3 is 5.97 Å². The lowest BCUT2D eigenvalue weighted by Gasteiger charge is -2.26. The second-order valence-corrected chi connectivity index (χ2v) is 9.43. The summed E-state index contributed by atoms with van der Waals surface area (Å²) < 4.78 is 42.5. The maximum Gasteiger partial charge on any atom is 0.344 e. The molecule has 10 nitrogen and oxygen atoms in total. The summed E-state index contributed by atoms with van der Waals surface area (Å²) in [6, 6.07) is 14.9. The molecule has 0 atom stereocenters. The molecule has 34 heavy (non-hydrogen) atoms. The molecule has 0 radical (unpaired) electrons. The number of sulfonamides is 1. The lowest BCUT2D eigenvalue weighted by atomic mass is 10.1. The van der Waals surface area contributed by atoms with E-state index in [-0.39, 0.29) is 35.0 Å². The van der Waals surface area contributed by atoms with E-state index in [1.807, 2.05) is 6.07 Å². The van der Waals surface area contributed by atoms with Crippen molar-refractivity contribution < 1.29 is 32.0 Å². The molecule has 1 N–H and O–H groups in total. The SMILES string of the molecule is Cc1onc(-c2ccccc2)c1C(=O)OCC(=O)Nc1cccc(S(=O)(=O)N2CCOCC2)c1. The Labute approximate surface area is 196 Å². The molecule has 0 unspecified atom stereocenters. The first-order valence-electron chi connectivity index (χ1n) is 10.5. The molecule has 0 saturated carbocycles. The van der Waals surface area contributed by atoms with Crippen LogP contribution in [0.15, 0.2) is 64.0 Å². The standard InChI is InChI=1S/C23H23N3O7S/c1-16-21(22(25-33-16)17-6-3-2-4-7-17)23(28)32-15-20(27)24-18-8-5-9-19(14-18)34(29,30)26-10-12-31-13-11-26/h2-9,14H,10-13,15H2,1H3,(H,24,27). The number of nitrogens with zero attached hydrogens (tertiary/aromatic N) is 2. The minimum Gasteiger partial charge on any atom is -0.452 e. The highest BCUT2D eigenvalue weighted by Crippen LogP contribution is 2.26. The zero-order valence-corrected chi connectivity index (χ0v) is 19.2. The number of carbonyl (C=O) groups excluding carboxylic acids is 2. The van der Waals surface area contributed by atoms with Crippen LogP contribution >= 0.6 is 0 Å². The minimum atomic E-state index is -3.71. The van der Waals surface area contributed by atoms with E-state index in [0.29, 0.717) is 24.5 Å². The molecule has 3 aromatic rings. The Kier molecular flexibility index (Phi) is 7.06. The van der Waals surface area contributed by atoms with E-state index in [1.54, 1.807) is 37.3 Å². The van der Waals surface area contributed by atoms with Crippen LogP contribution in [0.1, 0.15) is 16.1 Å². The Hall–Kier alpha value is -3.54. The van der Waals surface area contributed by atoms with Crippen LogP contribution in [-0.4, -0.2) is 62.7 Å². The van der Waals surface area contributed by atoms with Gasteiger partial charge in [-0.05, 0) is 25.1 Å². The summed E-state index contributed by atoms with van der Waals surface area (Å²) in [6.07, 6.45) is 0. The molecule has 1 saturated heterocycles. The highest BCUT2D eigenvalue weighted by atomic mass is 32.2. The second kappa shape index (κ2) is 10.2. The van der Waals surface area contributed by atoms with Crippen molar-refractivity contribution in [3.8, 4) is 11.3 Å². The zero-order chi connectivity index (χ0) is 24.1. The lowest BCUT2D eigenvalue weighted by molar-refractivity contribution is -0.119. The van der Waals surface area contributed by atoms with Crippen molar-refractivity contribution in [1.82, 2.24) is 9.46 Å². The van der Waals surface area contributed by atoms with Gasteiger partial charge in [-0.15, -0.1) is 0 Å². The van der Waals surface area contributed by atoms with Crippen molar-refractivity contribution in [2.75, 3.05) is 38.2 Å². The van der Waals surface area contributed by atoms with Crippen LogP contribution in [0, 0.1) is 6.92 Å². The van der Waals surface area contributed by atoms with Crippen LogP contribution in [0.4, 0.5) is 5.69 Å². The summed E-state index contributed by atoms with van der Waals surface area (Å²) in [7, 11) is -3.71. The predicted octanol–water partition coefficient (Wildman–Crippen LogP) is 2.47. The Bertz CT molecular complexity index is 1280. The van der Waals surface area contributed by atoms with Crippen molar-refractivity contribution in [3.05, 3.63) is 65.9 Å². The molecule has 0 bridgehead atoms. The summed E-state index contributed by atoms with van der Waals surface area (Å²) in [6.45, 7) is 2.20. The number of aryl methyl sites for hydroxylation is 1. The molecule has 1 aliphatic rings. The smallest absolute Gasteiger partial charge is 0.344 e. The van der Waals surface area contributed by atoms with Gasteiger partial charge in [0, 0.05) is 24.3 Å². The van der Waals surface area contributed by atoms with Crippen LogP contribution in [0.3, 0.4) is 0 Å². The molecule has 178 valence electrons.